The summed E-state index contributed by atoms with van der Waals surface area (Å²) >= 11 is 3.43. The minimum absolute atomic E-state index is 0.120. The maximum Gasteiger partial charge on any atom is 0.286 e. The molecule has 2 aromatic carbocycles. The number of rotatable bonds is 8. The van der Waals surface area contributed by atoms with Crippen LogP contribution >= 0.6 is 15.9 Å². The van der Waals surface area contributed by atoms with Gasteiger partial charge in [0.15, 0.2) is 11.5 Å². The Hall–Kier alpha value is -2.51. The smallest absolute Gasteiger partial charge is 0.286 e. The maximum absolute atomic E-state index is 12.7. The van der Waals surface area contributed by atoms with Gasteiger partial charge in [0, 0.05) is 13.1 Å². The van der Waals surface area contributed by atoms with E-state index in [-0.39, 0.29) is 18.2 Å². The van der Waals surface area contributed by atoms with Crippen LogP contribution in [0.25, 0.3) is 5.69 Å². The van der Waals surface area contributed by atoms with Gasteiger partial charge in [-0.25, -0.2) is 4.68 Å². The molecule has 3 aromatic rings. The second-order valence-electron chi connectivity index (χ2n) is 6.88. The van der Waals surface area contributed by atoms with E-state index in [0.29, 0.717) is 16.0 Å². The largest absolute Gasteiger partial charge is 0.493 e. The van der Waals surface area contributed by atoms with Crippen molar-refractivity contribution in [2.24, 2.45) is 12.8 Å². The molecule has 154 valence electrons. The van der Waals surface area contributed by atoms with E-state index < -0.39 is 0 Å². The van der Waals surface area contributed by atoms with Gasteiger partial charge in [-0.15, -0.1) is 0 Å². The van der Waals surface area contributed by atoms with Gasteiger partial charge in [-0.3, -0.25) is 9.48 Å². The van der Waals surface area contributed by atoms with Gasteiger partial charge in [-0.2, -0.15) is 0 Å². The van der Waals surface area contributed by atoms with Crippen molar-refractivity contribution in [2.75, 3.05) is 7.11 Å². The van der Waals surface area contributed by atoms with E-state index in [1.807, 2.05) is 55.6 Å². The number of hydrogen-bond donors (Lipinski definition) is 1. The molecule has 0 spiro atoms. The lowest BCUT2D eigenvalue weighted by atomic mass is 10.0. The van der Waals surface area contributed by atoms with Crippen molar-refractivity contribution in [3.63, 3.8) is 0 Å². The van der Waals surface area contributed by atoms with Gasteiger partial charge in [0.2, 0.25) is 0 Å². The molecule has 1 atom stereocenters. The van der Waals surface area contributed by atoms with Crippen molar-refractivity contribution in [1.29, 1.82) is 0 Å². The molecule has 7 heteroatoms. The van der Waals surface area contributed by atoms with Crippen molar-refractivity contribution in [3.05, 3.63) is 74.6 Å². The Morgan fingerprint density at radius 3 is 2.52 bits per heavy atom. The molecule has 0 bridgehead atoms. The van der Waals surface area contributed by atoms with Gasteiger partial charge in [-0.1, -0.05) is 31.2 Å². The summed E-state index contributed by atoms with van der Waals surface area (Å²) in [5, 5.41) is 0. The summed E-state index contributed by atoms with van der Waals surface area (Å²) in [6.07, 6.45) is 1.70. The number of methoxy groups -OCH3 is 1. The van der Waals surface area contributed by atoms with Gasteiger partial charge in [-0.05, 0) is 58.6 Å². The fourth-order valence-electron chi connectivity index (χ4n) is 3.18. The van der Waals surface area contributed by atoms with E-state index in [1.54, 1.807) is 16.5 Å². The summed E-state index contributed by atoms with van der Waals surface area (Å²) in [5.41, 5.74) is 8.55. The first-order chi connectivity index (χ1) is 14.0. The number of nitrogens with two attached hydrogens (primary N) is 1. The van der Waals surface area contributed by atoms with Crippen LogP contribution in [-0.4, -0.2) is 22.5 Å². The maximum atomic E-state index is 12.7. The molecule has 0 fully saturated rings. The highest BCUT2D eigenvalue weighted by Gasteiger charge is 2.18. The summed E-state index contributed by atoms with van der Waals surface area (Å²) in [5.74, 6) is 1.27. The third-order valence-corrected chi connectivity index (χ3v) is 5.74. The highest BCUT2D eigenvalue weighted by molar-refractivity contribution is 9.10. The molecular formula is C22H26BrN3O3. The summed E-state index contributed by atoms with van der Waals surface area (Å²) in [7, 11) is 3.45. The van der Waals surface area contributed by atoms with Crippen LogP contribution in [0.15, 0.2) is 57.8 Å². The molecule has 2 N–H and O–H groups in total. The Morgan fingerprint density at radius 2 is 1.86 bits per heavy atom. The fourth-order valence-corrected chi connectivity index (χ4v) is 3.72. The highest BCUT2D eigenvalue weighted by Crippen LogP contribution is 2.30. The van der Waals surface area contributed by atoms with Gasteiger partial charge >= 0.3 is 0 Å². The van der Waals surface area contributed by atoms with Crippen LogP contribution in [0, 0.1) is 0 Å². The van der Waals surface area contributed by atoms with Crippen LogP contribution in [0.1, 0.15) is 24.6 Å². The number of ether oxygens (including phenoxy) is 2. The van der Waals surface area contributed by atoms with Crippen molar-refractivity contribution in [1.82, 2.24) is 9.36 Å². The molecule has 1 heterocycles. The van der Waals surface area contributed by atoms with E-state index in [2.05, 4.69) is 22.9 Å². The van der Waals surface area contributed by atoms with E-state index in [1.165, 1.54) is 0 Å². The molecular weight excluding hydrogens is 434 g/mol. The van der Waals surface area contributed by atoms with Crippen LogP contribution < -0.4 is 20.8 Å². The van der Waals surface area contributed by atoms with Crippen molar-refractivity contribution < 1.29 is 9.47 Å². The van der Waals surface area contributed by atoms with E-state index in [4.69, 9.17) is 15.2 Å². The predicted octanol–water partition coefficient (Wildman–Crippen LogP) is 3.81. The average molecular weight is 460 g/mol. The monoisotopic (exact) mass is 459 g/mol. The lowest BCUT2D eigenvalue weighted by Gasteiger charge is -2.15. The molecule has 1 aromatic heterocycles. The van der Waals surface area contributed by atoms with Crippen LogP contribution in [0.2, 0.25) is 0 Å². The Kier molecular flexibility index (Phi) is 6.82. The number of nitrogens with zero attached hydrogens (tertiary/aromatic N) is 2. The summed E-state index contributed by atoms with van der Waals surface area (Å²) in [6.45, 7) is 2.29. The SMILES string of the molecule is CCC(N)Cc1ccc(OCc2c(Br)c(=O)n(-c3ccccc3)n2C)c(OC)c1. The Balaban J connectivity index is 1.84. The minimum atomic E-state index is -0.131. The topological polar surface area (TPSA) is 71.4 Å². The van der Waals surface area contributed by atoms with E-state index >= 15 is 0 Å². The summed E-state index contributed by atoms with van der Waals surface area (Å²) < 4.78 is 15.4. The molecule has 0 saturated heterocycles. The molecule has 0 aliphatic heterocycles. The Morgan fingerprint density at radius 1 is 1.14 bits per heavy atom. The molecule has 0 aliphatic carbocycles. The molecule has 29 heavy (non-hydrogen) atoms. The van der Waals surface area contributed by atoms with Crippen LogP contribution in [0.3, 0.4) is 0 Å². The number of para-hydroxylation sites is 1. The van der Waals surface area contributed by atoms with Crippen LogP contribution in [0.5, 0.6) is 11.5 Å². The standard InChI is InChI=1S/C22H26BrN3O3/c1-4-16(24)12-15-10-11-19(20(13-15)28-3)29-14-18-21(23)22(27)26(25(18)2)17-8-6-5-7-9-17/h5-11,13,16H,4,12,14,24H2,1-3H3. The van der Waals surface area contributed by atoms with Gasteiger partial charge in [0.1, 0.15) is 11.1 Å². The number of hydrogen-bond acceptors (Lipinski definition) is 4. The lowest BCUT2D eigenvalue weighted by Crippen LogP contribution is -2.21. The zero-order valence-electron chi connectivity index (χ0n) is 16.9. The normalized spacial score (nSPS) is 12.0. The molecule has 1 unspecified atom stereocenters. The van der Waals surface area contributed by atoms with Crippen LogP contribution in [-0.2, 0) is 20.1 Å². The number of aromatic nitrogens is 2. The molecule has 6 nitrogen and oxygen atoms in total. The molecule has 0 aliphatic rings. The third-order valence-electron chi connectivity index (χ3n) is 4.94. The van der Waals surface area contributed by atoms with Crippen molar-refractivity contribution >= 4 is 15.9 Å². The minimum Gasteiger partial charge on any atom is -0.493 e. The van der Waals surface area contributed by atoms with Crippen molar-refractivity contribution in [3.8, 4) is 17.2 Å². The first-order valence-corrected chi connectivity index (χ1v) is 10.3. The fraction of sp³-hybridized carbons (Fsp3) is 0.318. The summed E-state index contributed by atoms with van der Waals surface area (Å²) in [4.78, 5) is 12.7. The van der Waals surface area contributed by atoms with Gasteiger partial charge in [0.05, 0.1) is 18.5 Å². The lowest BCUT2D eigenvalue weighted by molar-refractivity contribution is 0.273. The zero-order chi connectivity index (χ0) is 21.0. The quantitative estimate of drug-likeness (QED) is 0.555. The van der Waals surface area contributed by atoms with Gasteiger partial charge in [0.25, 0.3) is 5.56 Å². The Bertz CT molecular complexity index is 1030. The second-order valence-corrected chi connectivity index (χ2v) is 7.68. The van der Waals surface area contributed by atoms with Crippen LogP contribution in [0.4, 0.5) is 0 Å². The third kappa shape index (κ3) is 4.57. The first-order valence-electron chi connectivity index (χ1n) is 9.53. The Labute approximate surface area is 179 Å². The molecule has 0 radical (unpaired) electrons. The average Bonchev–Trinajstić information content (AvgIpc) is 2.95. The van der Waals surface area contributed by atoms with Gasteiger partial charge < -0.3 is 15.2 Å². The van der Waals surface area contributed by atoms with Crippen molar-refractivity contribution in [2.45, 2.75) is 32.4 Å². The molecule has 0 saturated carbocycles. The second kappa shape index (κ2) is 9.33. The highest BCUT2D eigenvalue weighted by atomic mass is 79.9. The zero-order valence-corrected chi connectivity index (χ0v) is 18.5. The number of benzene rings is 2. The summed E-state index contributed by atoms with van der Waals surface area (Å²) in [6, 6.07) is 15.4. The molecule has 0 amide bonds. The van der Waals surface area contributed by atoms with E-state index in [0.717, 1.165) is 29.8 Å². The molecule has 3 rings (SSSR count). The van der Waals surface area contributed by atoms with E-state index in [9.17, 15) is 4.79 Å². The predicted molar refractivity (Wildman–Crippen MR) is 118 cm³/mol. The first kappa shape index (κ1) is 21.2. The number of halogens is 1.